The fourth-order valence-corrected chi connectivity index (χ4v) is 3.87. The van der Waals surface area contributed by atoms with Crippen molar-refractivity contribution in [1.82, 2.24) is 15.1 Å². The second-order valence-corrected chi connectivity index (χ2v) is 7.28. The highest BCUT2D eigenvalue weighted by Gasteiger charge is 2.42. The number of aromatic nitrogens is 2. The van der Waals surface area contributed by atoms with Crippen molar-refractivity contribution in [3.8, 4) is 22.8 Å². The molecule has 1 aromatic heterocycles. The number of amides is 1. The van der Waals surface area contributed by atoms with Crippen molar-refractivity contribution < 1.29 is 19.7 Å². The molecule has 156 valence electrons. The zero-order chi connectivity index (χ0) is 21.1. The summed E-state index contributed by atoms with van der Waals surface area (Å²) in [7, 11) is 0. The van der Waals surface area contributed by atoms with Crippen LogP contribution in [0, 0.1) is 0 Å². The maximum atomic E-state index is 13.0. The minimum Gasteiger partial charge on any atom is -0.507 e. The minimum absolute atomic E-state index is 0.0928. The van der Waals surface area contributed by atoms with E-state index in [2.05, 4.69) is 17.1 Å². The largest absolute Gasteiger partial charge is 0.507 e. The predicted octanol–water partition coefficient (Wildman–Crippen LogP) is 3.50. The number of aromatic amines is 1. The second kappa shape index (κ2) is 8.59. The van der Waals surface area contributed by atoms with E-state index in [0.29, 0.717) is 29.1 Å². The Morgan fingerprint density at radius 3 is 2.80 bits per heavy atom. The summed E-state index contributed by atoms with van der Waals surface area (Å²) in [4.78, 5) is 14.7. The van der Waals surface area contributed by atoms with Gasteiger partial charge in [-0.15, -0.1) is 0 Å². The number of H-pyrrole nitrogens is 1. The summed E-state index contributed by atoms with van der Waals surface area (Å²) in [5.74, 6) is 0.601. The molecule has 1 unspecified atom stereocenters. The first-order valence-corrected chi connectivity index (χ1v) is 10.2. The third-order valence-electron chi connectivity index (χ3n) is 5.30. The molecule has 0 saturated carbocycles. The van der Waals surface area contributed by atoms with Crippen LogP contribution in [0.5, 0.6) is 11.5 Å². The summed E-state index contributed by atoms with van der Waals surface area (Å²) in [6.07, 6.45) is 2.01. The molecule has 7 nitrogen and oxygen atoms in total. The molecule has 7 heteroatoms. The molecule has 0 aliphatic carbocycles. The first kappa shape index (κ1) is 20.0. The van der Waals surface area contributed by atoms with Crippen molar-refractivity contribution in [1.29, 1.82) is 0 Å². The van der Waals surface area contributed by atoms with Gasteiger partial charge in [0.15, 0.2) is 0 Å². The van der Waals surface area contributed by atoms with Gasteiger partial charge in [0.2, 0.25) is 0 Å². The molecule has 4 rings (SSSR count). The lowest BCUT2D eigenvalue weighted by atomic mass is 9.95. The van der Waals surface area contributed by atoms with Gasteiger partial charge in [0, 0.05) is 17.7 Å². The van der Waals surface area contributed by atoms with Gasteiger partial charge >= 0.3 is 0 Å². The van der Waals surface area contributed by atoms with Crippen molar-refractivity contribution in [3.05, 3.63) is 65.4 Å². The number of hydrogen-bond donors (Lipinski definition) is 3. The van der Waals surface area contributed by atoms with Crippen LogP contribution in [0.1, 0.15) is 47.4 Å². The van der Waals surface area contributed by atoms with Crippen molar-refractivity contribution in [2.45, 2.75) is 25.8 Å². The van der Waals surface area contributed by atoms with E-state index in [9.17, 15) is 15.0 Å². The number of phenolic OH excluding ortho intramolecular Hbond substituents is 1. The minimum atomic E-state index is -0.442. The van der Waals surface area contributed by atoms with Crippen LogP contribution in [0.3, 0.4) is 0 Å². The van der Waals surface area contributed by atoms with Gasteiger partial charge in [-0.2, -0.15) is 5.10 Å². The highest BCUT2D eigenvalue weighted by atomic mass is 16.5. The van der Waals surface area contributed by atoms with E-state index in [1.807, 2.05) is 30.3 Å². The smallest absolute Gasteiger partial charge is 0.273 e. The van der Waals surface area contributed by atoms with E-state index in [0.717, 1.165) is 24.2 Å². The summed E-state index contributed by atoms with van der Waals surface area (Å²) in [5.41, 5.74) is 3.01. The van der Waals surface area contributed by atoms with Crippen LogP contribution in [0.2, 0.25) is 0 Å². The average Bonchev–Trinajstić information content (AvgIpc) is 3.29. The Kier molecular flexibility index (Phi) is 5.72. The molecule has 30 heavy (non-hydrogen) atoms. The van der Waals surface area contributed by atoms with E-state index < -0.39 is 6.04 Å². The van der Waals surface area contributed by atoms with Crippen molar-refractivity contribution in [2.24, 2.45) is 0 Å². The van der Waals surface area contributed by atoms with Gasteiger partial charge in [0.05, 0.1) is 19.3 Å². The van der Waals surface area contributed by atoms with Crippen molar-refractivity contribution in [2.75, 3.05) is 19.8 Å². The van der Waals surface area contributed by atoms with Crippen LogP contribution in [0.25, 0.3) is 11.3 Å². The number of aliphatic hydroxyl groups excluding tert-OH is 1. The van der Waals surface area contributed by atoms with Crippen LogP contribution in [-0.4, -0.2) is 51.0 Å². The molecule has 3 aromatic rings. The first-order valence-electron chi connectivity index (χ1n) is 10.2. The topological polar surface area (TPSA) is 98.7 Å². The lowest BCUT2D eigenvalue weighted by Gasteiger charge is -2.26. The van der Waals surface area contributed by atoms with Gasteiger partial charge in [-0.05, 0) is 36.2 Å². The molecule has 2 heterocycles. The number of β-amino-alcohol motifs (C(OH)–C–C–N with tert-alkyl or cyclic N) is 1. The van der Waals surface area contributed by atoms with Crippen LogP contribution >= 0.6 is 0 Å². The van der Waals surface area contributed by atoms with Gasteiger partial charge < -0.3 is 19.8 Å². The number of nitrogens with one attached hydrogen (secondary N) is 1. The summed E-state index contributed by atoms with van der Waals surface area (Å²) in [5, 5.41) is 27.1. The molecule has 0 spiro atoms. The number of aromatic hydroxyl groups is 1. The summed E-state index contributed by atoms with van der Waals surface area (Å²) < 4.78 is 5.86. The number of nitrogens with zero attached hydrogens (tertiary/aromatic N) is 2. The predicted molar refractivity (Wildman–Crippen MR) is 112 cm³/mol. The summed E-state index contributed by atoms with van der Waals surface area (Å²) in [6, 6.07) is 14.1. The number of unbranched alkanes of at least 4 members (excludes halogenated alkanes) is 1. The molecular weight excluding hydrogens is 382 g/mol. The molecule has 0 fully saturated rings. The first-order chi connectivity index (χ1) is 14.7. The van der Waals surface area contributed by atoms with Gasteiger partial charge in [-0.3, -0.25) is 9.89 Å². The quantitative estimate of drug-likeness (QED) is 0.497. The Balaban J connectivity index is 1.80. The number of rotatable bonds is 8. The SMILES string of the molecule is CCCCOc1cccc(C2c3c(-c4ccccc4O)n[nH]c3C(=O)N2CCO)c1. The molecule has 1 atom stereocenters. The average molecular weight is 407 g/mol. The highest BCUT2D eigenvalue weighted by Crippen LogP contribution is 2.44. The molecule has 0 radical (unpaired) electrons. The molecule has 2 aromatic carbocycles. The maximum Gasteiger partial charge on any atom is 0.273 e. The standard InChI is InChI=1S/C23H25N3O4/c1-2-3-13-30-16-8-6-7-15(14-16)22-19-20(17-9-4-5-10-18(17)28)24-25-21(19)23(29)26(22)11-12-27/h4-10,14,22,27-28H,2-3,11-13H2,1H3,(H,24,25). The Morgan fingerprint density at radius 2 is 2.03 bits per heavy atom. The van der Waals surface area contributed by atoms with Crippen LogP contribution in [0.15, 0.2) is 48.5 Å². The van der Waals surface area contributed by atoms with Gasteiger partial charge in [-0.25, -0.2) is 0 Å². The number of para-hydroxylation sites is 1. The third-order valence-corrected chi connectivity index (χ3v) is 5.30. The highest BCUT2D eigenvalue weighted by molar-refractivity contribution is 6.00. The monoisotopic (exact) mass is 407 g/mol. The lowest BCUT2D eigenvalue weighted by Crippen LogP contribution is -2.32. The zero-order valence-electron chi connectivity index (χ0n) is 16.8. The number of phenols is 1. The number of aliphatic hydroxyl groups is 1. The van der Waals surface area contributed by atoms with E-state index >= 15 is 0 Å². The zero-order valence-corrected chi connectivity index (χ0v) is 16.8. The Labute approximate surface area is 174 Å². The van der Waals surface area contributed by atoms with E-state index in [4.69, 9.17) is 4.74 Å². The van der Waals surface area contributed by atoms with Crippen molar-refractivity contribution in [3.63, 3.8) is 0 Å². The fraction of sp³-hybridized carbons (Fsp3) is 0.304. The number of carbonyl (C=O) groups excluding carboxylic acids is 1. The molecule has 0 bridgehead atoms. The number of benzene rings is 2. The molecule has 3 N–H and O–H groups in total. The van der Waals surface area contributed by atoms with Crippen molar-refractivity contribution >= 4 is 5.91 Å². The fourth-order valence-electron chi connectivity index (χ4n) is 3.87. The lowest BCUT2D eigenvalue weighted by molar-refractivity contribution is 0.0706. The van der Waals surface area contributed by atoms with E-state index in [-0.39, 0.29) is 24.8 Å². The summed E-state index contributed by atoms with van der Waals surface area (Å²) >= 11 is 0. The Hall–Kier alpha value is -3.32. The molecule has 1 aliphatic rings. The van der Waals surface area contributed by atoms with Crippen LogP contribution in [-0.2, 0) is 0 Å². The van der Waals surface area contributed by atoms with Gasteiger partial charge in [0.25, 0.3) is 5.91 Å². The summed E-state index contributed by atoms with van der Waals surface area (Å²) in [6.45, 7) is 2.77. The Morgan fingerprint density at radius 1 is 1.20 bits per heavy atom. The molecule has 1 amide bonds. The van der Waals surface area contributed by atoms with Crippen LogP contribution in [0.4, 0.5) is 0 Å². The number of fused-ring (bicyclic) bond motifs is 1. The van der Waals surface area contributed by atoms with E-state index in [1.54, 1.807) is 23.1 Å². The third kappa shape index (κ3) is 3.52. The number of ether oxygens (including phenoxy) is 1. The number of carbonyl (C=O) groups is 1. The van der Waals surface area contributed by atoms with E-state index in [1.165, 1.54) is 0 Å². The van der Waals surface area contributed by atoms with Gasteiger partial charge in [0.1, 0.15) is 22.9 Å². The maximum absolute atomic E-state index is 13.0. The molecular formula is C23H25N3O4. The second-order valence-electron chi connectivity index (χ2n) is 7.28. The van der Waals surface area contributed by atoms with Gasteiger partial charge in [-0.1, -0.05) is 37.6 Å². The molecule has 0 saturated heterocycles. The Bertz CT molecular complexity index is 1050. The van der Waals surface area contributed by atoms with Crippen LogP contribution < -0.4 is 4.74 Å². The normalized spacial score (nSPS) is 15.5. The molecule has 1 aliphatic heterocycles. The number of hydrogen-bond acceptors (Lipinski definition) is 5.